The Morgan fingerprint density at radius 1 is 0.846 bits per heavy atom. The number of ether oxygens (including phenoxy) is 1. The molecule has 0 radical (unpaired) electrons. The van der Waals surface area contributed by atoms with Crippen LogP contribution in [0.5, 0.6) is 5.75 Å². The van der Waals surface area contributed by atoms with Gasteiger partial charge in [0.05, 0.1) is 24.0 Å². The van der Waals surface area contributed by atoms with Crippen LogP contribution in [0.4, 0.5) is 11.4 Å². The number of fused-ring (bicyclic) bond motifs is 1. The van der Waals surface area contributed by atoms with E-state index < -0.39 is 0 Å². The van der Waals surface area contributed by atoms with E-state index >= 15 is 0 Å². The highest BCUT2D eigenvalue weighted by atomic mass is 16.5. The van der Waals surface area contributed by atoms with Gasteiger partial charge >= 0.3 is 0 Å². The van der Waals surface area contributed by atoms with Crippen molar-refractivity contribution in [3.8, 4) is 17.0 Å². The molecule has 3 nitrogen and oxygen atoms in total. The summed E-state index contributed by atoms with van der Waals surface area (Å²) in [4.78, 5) is 4.84. The molecule has 3 aromatic carbocycles. The Morgan fingerprint density at radius 3 is 2.46 bits per heavy atom. The lowest BCUT2D eigenvalue weighted by Crippen LogP contribution is -1.95. The van der Waals surface area contributed by atoms with Gasteiger partial charge in [-0.15, -0.1) is 0 Å². The maximum atomic E-state index is 5.36. The molecule has 4 aromatic rings. The van der Waals surface area contributed by atoms with Crippen molar-refractivity contribution in [2.75, 3.05) is 12.4 Å². The van der Waals surface area contributed by atoms with Crippen molar-refractivity contribution in [2.24, 2.45) is 0 Å². The first-order valence-electron chi connectivity index (χ1n) is 8.61. The van der Waals surface area contributed by atoms with Gasteiger partial charge in [0.25, 0.3) is 0 Å². The molecule has 0 atom stereocenters. The quantitative estimate of drug-likeness (QED) is 0.497. The zero-order valence-electron chi connectivity index (χ0n) is 14.9. The largest absolute Gasteiger partial charge is 0.497 e. The topological polar surface area (TPSA) is 34.1 Å². The molecule has 4 rings (SSSR count). The number of aromatic nitrogens is 1. The smallest absolute Gasteiger partial charge is 0.119 e. The number of hydrogen-bond acceptors (Lipinski definition) is 3. The van der Waals surface area contributed by atoms with Crippen molar-refractivity contribution in [1.29, 1.82) is 0 Å². The molecule has 0 unspecified atom stereocenters. The maximum Gasteiger partial charge on any atom is 0.119 e. The second kappa shape index (κ2) is 6.89. The van der Waals surface area contributed by atoms with Gasteiger partial charge in [0.1, 0.15) is 5.75 Å². The van der Waals surface area contributed by atoms with Crippen LogP contribution in [0.15, 0.2) is 78.9 Å². The van der Waals surface area contributed by atoms with Crippen LogP contribution in [-0.2, 0) is 0 Å². The summed E-state index contributed by atoms with van der Waals surface area (Å²) in [5, 5.41) is 4.64. The third-order valence-electron chi connectivity index (χ3n) is 4.41. The highest BCUT2D eigenvalue weighted by molar-refractivity contribution is 5.95. The molecule has 0 saturated heterocycles. The van der Waals surface area contributed by atoms with Gasteiger partial charge in [0.2, 0.25) is 0 Å². The average Bonchev–Trinajstić information content (AvgIpc) is 2.69. The SMILES string of the molecule is COc1cccc(-c2cc(Nc3ccc(C)cc3)c3ccccc3n2)c1. The highest BCUT2D eigenvalue weighted by Gasteiger charge is 2.08. The second-order valence-corrected chi connectivity index (χ2v) is 6.30. The Bertz CT molecular complexity index is 1060. The molecule has 26 heavy (non-hydrogen) atoms. The van der Waals surface area contributed by atoms with Crippen molar-refractivity contribution in [3.05, 3.63) is 84.4 Å². The number of anilines is 2. The molecule has 128 valence electrons. The molecule has 0 aliphatic carbocycles. The van der Waals surface area contributed by atoms with Gasteiger partial charge in [-0.3, -0.25) is 0 Å². The molecule has 0 aliphatic heterocycles. The number of aryl methyl sites for hydroxylation is 1. The van der Waals surface area contributed by atoms with Crippen LogP contribution in [-0.4, -0.2) is 12.1 Å². The van der Waals surface area contributed by atoms with Crippen LogP contribution in [0, 0.1) is 6.92 Å². The van der Waals surface area contributed by atoms with Gasteiger partial charge in [0, 0.05) is 16.6 Å². The van der Waals surface area contributed by atoms with Gasteiger partial charge in [-0.25, -0.2) is 4.98 Å². The number of nitrogens with zero attached hydrogens (tertiary/aromatic N) is 1. The second-order valence-electron chi connectivity index (χ2n) is 6.30. The van der Waals surface area contributed by atoms with E-state index in [0.29, 0.717) is 0 Å². The minimum absolute atomic E-state index is 0.825. The zero-order valence-corrected chi connectivity index (χ0v) is 14.9. The van der Waals surface area contributed by atoms with Crippen LogP contribution in [0.2, 0.25) is 0 Å². The average molecular weight is 340 g/mol. The van der Waals surface area contributed by atoms with Gasteiger partial charge < -0.3 is 10.1 Å². The molecule has 0 saturated carbocycles. The molecule has 1 aromatic heterocycles. The molecular formula is C23H20N2O. The van der Waals surface area contributed by atoms with E-state index in [0.717, 1.165) is 39.3 Å². The zero-order chi connectivity index (χ0) is 17.9. The Morgan fingerprint density at radius 2 is 1.65 bits per heavy atom. The van der Waals surface area contributed by atoms with Crippen LogP contribution in [0.3, 0.4) is 0 Å². The van der Waals surface area contributed by atoms with Gasteiger partial charge in [0.15, 0.2) is 0 Å². The first kappa shape index (κ1) is 16.2. The first-order chi connectivity index (χ1) is 12.7. The van der Waals surface area contributed by atoms with E-state index in [1.165, 1.54) is 5.56 Å². The maximum absolute atomic E-state index is 5.36. The van der Waals surface area contributed by atoms with Gasteiger partial charge in [-0.05, 0) is 43.3 Å². The Balaban J connectivity index is 1.83. The predicted molar refractivity (Wildman–Crippen MR) is 108 cm³/mol. The summed E-state index contributed by atoms with van der Waals surface area (Å²) in [6.07, 6.45) is 0. The standard InChI is InChI=1S/C23H20N2O/c1-16-10-12-18(13-11-16)24-23-15-22(17-6-5-7-19(14-17)26-2)25-21-9-4-3-8-20(21)23/h3-15H,1-2H3,(H,24,25). The third kappa shape index (κ3) is 3.24. The van der Waals surface area contributed by atoms with Crippen LogP contribution >= 0.6 is 0 Å². The van der Waals surface area contributed by atoms with E-state index in [1.807, 2.05) is 36.4 Å². The van der Waals surface area contributed by atoms with E-state index in [1.54, 1.807) is 7.11 Å². The summed E-state index contributed by atoms with van der Waals surface area (Å²) in [7, 11) is 1.68. The minimum atomic E-state index is 0.825. The minimum Gasteiger partial charge on any atom is -0.497 e. The van der Waals surface area contributed by atoms with Gasteiger partial charge in [-0.2, -0.15) is 0 Å². The lowest BCUT2D eigenvalue weighted by molar-refractivity contribution is 0.415. The fraction of sp³-hybridized carbons (Fsp3) is 0.0870. The number of benzene rings is 3. The molecule has 0 aliphatic rings. The summed E-state index contributed by atoms with van der Waals surface area (Å²) in [6.45, 7) is 2.09. The summed E-state index contributed by atoms with van der Waals surface area (Å²) in [5.41, 5.74) is 6.25. The Kier molecular flexibility index (Phi) is 4.28. The molecule has 0 fully saturated rings. The summed E-state index contributed by atoms with van der Waals surface area (Å²) < 4.78 is 5.36. The van der Waals surface area contributed by atoms with Crippen LogP contribution < -0.4 is 10.1 Å². The fourth-order valence-electron chi connectivity index (χ4n) is 3.00. The molecule has 3 heteroatoms. The van der Waals surface area contributed by atoms with Crippen molar-refractivity contribution in [1.82, 2.24) is 4.98 Å². The molecule has 1 heterocycles. The molecular weight excluding hydrogens is 320 g/mol. The first-order valence-corrected chi connectivity index (χ1v) is 8.61. The molecule has 0 bridgehead atoms. The van der Waals surface area contributed by atoms with Crippen molar-refractivity contribution in [2.45, 2.75) is 6.92 Å². The number of nitrogens with one attached hydrogen (secondary N) is 1. The molecule has 1 N–H and O–H groups in total. The van der Waals surface area contributed by atoms with Crippen molar-refractivity contribution in [3.63, 3.8) is 0 Å². The lowest BCUT2D eigenvalue weighted by atomic mass is 10.1. The third-order valence-corrected chi connectivity index (χ3v) is 4.41. The Labute approximate surface area is 153 Å². The highest BCUT2D eigenvalue weighted by Crippen LogP contribution is 2.31. The monoisotopic (exact) mass is 340 g/mol. The summed E-state index contributed by atoms with van der Waals surface area (Å²) in [5.74, 6) is 0.825. The van der Waals surface area contributed by atoms with E-state index in [2.05, 4.69) is 54.7 Å². The molecule has 0 spiro atoms. The predicted octanol–water partition coefficient (Wildman–Crippen LogP) is 5.96. The Hall–Kier alpha value is -3.33. The lowest BCUT2D eigenvalue weighted by Gasteiger charge is -2.13. The van der Waals surface area contributed by atoms with E-state index in [4.69, 9.17) is 9.72 Å². The van der Waals surface area contributed by atoms with Crippen LogP contribution in [0.1, 0.15) is 5.56 Å². The van der Waals surface area contributed by atoms with Crippen LogP contribution in [0.25, 0.3) is 22.2 Å². The fourth-order valence-corrected chi connectivity index (χ4v) is 3.00. The number of para-hydroxylation sites is 1. The summed E-state index contributed by atoms with van der Waals surface area (Å²) >= 11 is 0. The van der Waals surface area contributed by atoms with Crippen molar-refractivity contribution >= 4 is 22.3 Å². The summed E-state index contributed by atoms with van der Waals surface area (Å²) in [6, 6.07) is 26.7. The van der Waals surface area contributed by atoms with E-state index in [-0.39, 0.29) is 0 Å². The van der Waals surface area contributed by atoms with Gasteiger partial charge in [-0.1, -0.05) is 48.0 Å². The normalized spacial score (nSPS) is 10.7. The molecule has 0 amide bonds. The number of methoxy groups -OCH3 is 1. The van der Waals surface area contributed by atoms with E-state index in [9.17, 15) is 0 Å². The number of hydrogen-bond donors (Lipinski definition) is 1. The van der Waals surface area contributed by atoms with Crippen molar-refractivity contribution < 1.29 is 4.74 Å². The number of rotatable bonds is 4. The number of pyridine rings is 1.